The summed E-state index contributed by atoms with van der Waals surface area (Å²) in [6.45, 7) is 8.95. The second-order valence-corrected chi connectivity index (χ2v) is 7.29. The average Bonchev–Trinajstić information content (AvgIpc) is 2.57. The minimum Gasteiger partial charge on any atom is -0.385 e. The summed E-state index contributed by atoms with van der Waals surface area (Å²) in [6.07, 6.45) is 0.0358. The predicted octanol–water partition coefficient (Wildman–Crippen LogP) is 4.07. The van der Waals surface area contributed by atoms with Gasteiger partial charge in [0.2, 0.25) is 0 Å². The van der Waals surface area contributed by atoms with E-state index >= 15 is 0 Å². The molecule has 1 unspecified atom stereocenters. The number of anilines is 2. The summed E-state index contributed by atoms with van der Waals surface area (Å²) in [5, 5.41) is 6.56. The topological polar surface area (TPSA) is 87.7 Å². The predicted molar refractivity (Wildman–Crippen MR) is 106 cm³/mol. The molecule has 0 aromatic heterocycles. The van der Waals surface area contributed by atoms with Crippen molar-refractivity contribution in [2.24, 2.45) is 0 Å². The van der Waals surface area contributed by atoms with Gasteiger partial charge in [0.25, 0.3) is 10.1 Å². The Balaban J connectivity index is 0.000000273. The van der Waals surface area contributed by atoms with Crippen molar-refractivity contribution in [3.05, 3.63) is 53.6 Å². The van der Waals surface area contributed by atoms with Gasteiger partial charge in [-0.05, 0) is 63.6 Å². The number of benzene rings is 2. The minimum absolute atomic E-state index is 0.0358. The Morgan fingerprint density at radius 3 is 2.19 bits per heavy atom. The number of ether oxygens (including phenoxy) is 1. The van der Waals surface area contributed by atoms with Crippen LogP contribution in [-0.2, 0) is 14.9 Å². The molecule has 2 rings (SSSR count). The Hall–Kier alpha value is -2.09. The van der Waals surface area contributed by atoms with Crippen molar-refractivity contribution >= 4 is 21.5 Å². The summed E-state index contributed by atoms with van der Waals surface area (Å²) in [7, 11) is -2.33. The summed E-state index contributed by atoms with van der Waals surface area (Å²) >= 11 is 0. The van der Waals surface area contributed by atoms with E-state index in [0.717, 1.165) is 23.5 Å². The van der Waals surface area contributed by atoms with Crippen molar-refractivity contribution in [3.63, 3.8) is 0 Å². The van der Waals surface area contributed by atoms with Crippen molar-refractivity contribution in [2.75, 3.05) is 24.3 Å². The summed E-state index contributed by atoms with van der Waals surface area (Å²) in [4.78, 5) is -0.0666. The van der Waals surface area contributed by atoms with Crippen LogP contribution in [0.4, 0.5) is 11.4 Å². The summed E-state index contributed by atoms with van der Waals surface area (Å²) < 4.78 is 34.7. The molecule has 6 nitrogen and oxygen atoms in total. The molecule has 0 saturated heterocycles. The first-order valence-electron chi connectivity index (χ1n) is 8.35. The number of nitrogens with one attached hydrogen (secondary N) is 2. The van der Waals surface area contributed by atoms with Gasteiger partial charge in [0.05, 0.1) is 4.90 Å². The first kappa shape index (κ1) is 22.0. The Labute approximate surface area is 156 Å². The molecule has 0 fully saturated rings. The molecule has 0 saturated carbocycles. The zero-order valence-electron chi connectivity index (χ0n) is 15.9. The van der Waals surface area contributed by atoms with E-state index in [-0.39, 0.29) is 11.1 Å². The molecule has 0 heterocycles. The molecule has 1 atom stereocenters. The Kier molecular flexibility index (Phi) is 8.57. The average molecular weight is 381 g/mol. The molecular weight excluding hydrogens is 352 g/mol. The lowest BCUT2D eigenvalue weighted by Gasteiger charge is -2.16. The van der Waals surface area contributed by atoms with Crippen LogP contribution in [-0.4, -0.2) is 32.9 Å². The summed E-state index contributed by atoms with van der Waals surface area (Å²) in [6, 6.07) is 12.3. The van der Waals surface area contributed by atoms with Gasteiger partial charge in [-0.25, -0.2) is 0 Å². The van der Waals surface area contributed by atoms with E-state index in [4.69, 9.17) is 9.29 Å². The standard InChI is InChI=1S/C12H20N2O.C7H8O3S/c1-5-13-11-6-7-12(9(2)8-11)14-10(3)15-4;1-6-2-4-7(5-3-6)11(8,9)10/h6-8,10,13-14H,5H2,1-4H3;2-5H,1H3,(H,8,9,10). The molecule has 0 radical (unpaired) electrons. The molecule has 0 aliphatic carbocycles. The number of hydrogen-bond donors (Lipinski definition) is 3. The smallest absolute Gasteiger partial charge is 0.294 e. The zero-order chi connectivity index (χ0) is 19.7. The fourth-order valence-corrected chi connectivity index (χ4v) is 2.61. The fourth-order valence-electron chi connectivity index (χ4n) is 2.13. The monoisotopic (exact) mass is 380 g/mol. The van der Waals surface area contributed by atoms with E-state index in [1.165, 1.54) is 17.7 Å². The van der Waals surface area contributed by atoms with Crippen LogP contribution in [0.3, 0.4) is 0 Å². The van der Waals surface area contributed by atoms with Crippen LogP contribution in [0.25, 0.3) is 0 Å². The molecule has 0 amide bonds. The van der Waals surface area contributed by atoms with Gasteiger partial charge in [-0.2, -0.15) is 8.42 Å². The van der Waals surface area contributed by atoms with E-state index in [1.54, 1.807) is 19.2 Å². The normalized spacial score (nSPS) is 11.9. The third-order valence-electron chi connectivity index (χ3n) is 3.64. The highest BCUT2D eigenvalue weighted by Crippen LogP contribution is 2.20. The highest BCUT2D eigenvalue weighted by Gasteiger charge is 2.06. The van der Waals surface area contributed by atoms with Crippen LogP contribution >= 0.6 is 0 Å². The van der Waals surface area contributed by atoms with E-state index < -0.39 is 10.1 Å². The lowest BCUT2D eigenvalue weighted by atomic mass is 10.1. The minimum atomic E-state index is -4.02. The lowest BCUT2D eigenvalue weighted by Crippen LogP contribution is -2.17. The zero-order valence-corrected chi connectivity index (χ0v) is 16.7. The van der Waals surface area contributed by atoms with Crippen LogP contribution in [0.2, 0.25) is 0 Å². The maximum atomic E-state index is 10.5. The number of methoxy groups -OCH3 is 1. The van der Waals surface area contributed by atoms with E-state index in [0.29, 0.717) is 0 Å². The summed E-state index contributed by atoms with van der Waals surface area (Å²) in [5.74, 6) is 0. The first-order valence-corrected chi connectivity index (χ1v) is 9.79. The maximum Gasteiger partial charge on any atom is 0.294 e. The third kappa shape index (κ3) is 7.43. The SMILES string of the molecule is CCNc1ccc(NC(C)OC)c(C)c1.Cc1ccc(S(=O)(=O)O)cc1. The van der Waals surface area contributed by atoms with E-state index in [1.807, 2.05) is 13.8 Å². The Morgan fingerprint density at radius 1 is 1.12 bits per heavy atom. The third-order valence-corrected chi connectivity index (χ3v) is 4.51. The second kappa shape index (κ2) is 10.2. The van der Waals surface area contributed by atoms with Crippen LogP contribution in [0, 0.1) is 13.8 Å². The molecule has 2 aromatic rings. The van der Waals surface area contributed by atoms with Gasteiger partial charge in [-0.15, -0.1) is 0 Å². The van der Waals surface area contributed by atoms with Gasteiger partial charge in [0.15, 0.2) is 0 Å². The van der Waals surface area contributed by atoms with Gasteiger partial charge >= 0.3 is 0 Å². The Bertz CT molecular complexity index is 790. The van der Waals surface area contributed by atoms with Crippen LogP contribution in [0.5, 0.6) is 0 Å². The van der Waals surface area contributed by atoms with Crippen molar-refractivity contribution < 1.29 is 17.7 Å². The van der Waals surface area contributed by atoms with Crippen LogP contribution in [0.1, 0.15) is 25.0 Å². The maximum absolute atomic E-state index is 10.5. The number of hydrogen-bond acceptors (Lipinski definition) is 5. The molecule has 144 valence electrons. The highest BCUT2D eigenvalue weighted by atomic mass is 32.2. The molecule has 0 aliphatic rings. The van der Waals surface area contributed by atoms with E-state index in [2.05, 4.69) is 42.7 Å². The summed E-state index contributed by atoms with van der Waals surface area (Å²) in [5.41, 5.74) is 4.45. The van der Waals surface area contributed by atoms with Crippen molar-refractivity contribution in [3.8, 4) is 0 Å². The molecule has 7 heteroatoms. The quantitative estimate of drug-likeness (QED) is 0.517. The lowest BCUT2D eigenvalue weighted by molar-refractivity contribution is 0.141. The molecule has 2 aromatic carbocycles. The molecule has 0 bridgehead atoms. The first-order chi connectivity index (χ1) is 12.2. The Morgan fingerprint density at radius 2 is 1.73 bits per heavy atom. The van der Waals surface area contributed by atoms with Gasteiger partial charge in [-0.1, -0.05) is 17.7 Å². The molecule has 26 heavy (non-hydrogen) atoms. The molecular formula is C19H28N2O4S. The highest BCUT2D eigenvalue weighted by molar-refractivity contribution is 7.85. The van der Waals surface area contributed by atoms with Gasteiger partial charge < -0.3 is 15.4 Å². The number of aryl methyl sites for hydroxylation is 2. The molecule has 0 spiro atoms. The second-order valence-electron chi connectivity index (χ2n) is 5.87. The fraction of sp³-hybridized carbons (Fsp3) is 0.368. The van der Waals surface area contributed by atoms with Gasteiger partial charge in [0.1, 0.15) is 6.23 Å². The van der Waals surface area contributed by atoms with Crippen LogP contribution in [0.15, 0.2) is 47.4 Å². The van der Waals surface area contributed by atoms with Crippen molar-refractivity contribution in [1.82, 2.24) is 0 Å². The van der Waals surface area contributed by atoms with Crippen molar-refractivity contribution in [1.29, 1.82) is 0 Å². The largest absolute Gasteiger partial charge is 0.385 e. The van der Waals surface area contributed by atoms with Crippen LogP contribution < -0.4 is 10.6 Å². The van der Waals surface area contributed by atoms with E-state index in [9.17, 15) is 8.42 Å². The van der Waals surface area contributed by atoms with Gasteiger partial charge in [0, 0.05) is 25.0 Å². The van der Waals surface area contributed by atoms with Gasteiger partial charge in [-0.3, -0.25) is 4.55 Å². The molecule has 3 N–H and O–H groups in total. The van der Waals surface area contributed by atoms with Crippen molar-refractivity contribution in [2.45, 2.75) is 38.8 Å². The number of rotatable bonds is 6. The molecule has 0 aliphatic heterocycles.